The number of carbonyl (C=O) groups excluding carboxylic acids is 1. The van der Waals surface area contributed by atoms with Gasteiger partial charge < -0.3 is 15.0 Å². The standard InChI is InChI=1S/C14H17ClN2O2/c15-11-3-1-10(2-4-11)13-9-17(7-8-19-13)14(18)16-12-5-6-12/h1-4,12-13H,5-9H2,(H,16,18). The van der Waals surface area contributed by atoms with E-state index in [1.165, 1.54) is 0 Å². The molecular weight excluding hydrogens is 264 g/mol. The van der Waals surface area contributed by atoms with E-state index in [0.29, 0.717) is 30.8 Å². The SMILES string of the molecule is O=C(NC1CC1)N1CCOC(c2ccc(Cl)cc2)C1. The predicted molar refractivity (Wildman–Crippen MR) is 73.3 cm³/mol. The van der Waals surface area contributed by atoms with Crippen LogP contribution in [0.2, 0.25) is 5.02 Å². The van der Waals surface area contributed by atoms with Crippen LogP contribution >= 0.6 is 11.6 Å². The van der Waals surface area contributed by atoms with Crippen LogP contribution in [-0.2, 0) is 4.74 Å². The van der Waals surface area contributed by atoms with Crippen LogP contribution in [0.1, 0.15) is 24.5 Å². The number of rotatable bonds is 2. The molecule has 2 amide bonds. The molecule has 1 saturated heterocycles. The van der Waals surface area contributed by atoms with Crippen LogP contribution in [0.15, 0.2) is 24.3 Å². The molecule has 0 radical (unpaired) electrons. The summed E-state index contributed by atoms with van der Waals surface area (Å²) >= 11 is 5.88. The van der Waals surface area contributed by atoms with Gasteiger partial charge in [-0.05, 0) is 30.5 Å². The molecule has 1 aromatic carbocycles. The van der Waals surface area contributed by atoms with E-state index in [-0.39, 0.29) is 12.1 Å². The lowest BCUT2D eigenvalue weighted by Gasteiger charge is -2.33. The summed E-state index contributed by atoms with van der Waals surface area (Å²) in [5, 5.41) is 3.73. The zero-order valence-electron chi connectivity index (χ0n) is 10.6. The molecular formula is C14H17ClN2O2. The van der Waals surface area contributed by atoms with Gasteiger partial charge in [-0.3, -0.25) is 0 Å². The number of benzene rings is 1. The molecule has 1 atom stereocenters. The number of hydrogen-bond acceptors (Lipinski definition) is 2. The van der Waals surface area contributed by atoms with Crippen molar-refractivity contribution in [2.45, 2.75) is 25.0 Å². The Hall–Kier alpha value is -1.26. The molecule has 1 aromatic rings. The van der Waals surface area contributed by atoms with Crippen LogP contribution < -0.4 is 5.32 Å². The average Bonchev–Trinajstić information content (AvgIpc) is 3.24. The number of nitrogens with one attached hydrogen (secondary N) is 1. The first kappa shape index (κ1) is 12.8. The predicted octanol–water partition coefficient (Wildman–Crippen LogP) is 2.59. The number of morpholine rings is 1. The summed E-state index contributed by atoms with van der Waals surface area (Å²) in [6.45, 7) is 1.83. The molecule has 0 bridgehead atoms. The summed E-state index contributed by atoms with van der Waals surface area (Å²) in [6.07, 6.45) is 2.16. The Bertz CT molecular complexity index is 459. The van der Waals surface area contributed by atoms with Crippen LogP contribution in [0.5, 0.6) is 0 Å². The van der Waals surface area contributed by atoms with Crippen molar-refractivity contribution in [2.24, 2.45) is 0 Å². The van der Waals surface area contributed by atoms with E-state index in [1.54, 1.807) is 0 Å². The summed E-state index contributed by atoms with van der Waals surface area (Å²) in [5.74, 6) is 0. The van der Waals surface area contributed by atoms with Gasteiger partial charge in [0.1, 0.15) is 6.10 Å². The molecule has 4 nitrogen and oxygen atoms in total. The van der Waals surface area contributed by atoms with Crippen LogP contribution in [0.4, 0.5) is 4.79 Å². The fourth-order valence-corrected chi connectivity index (χ4v) is 2.33. The highest BCUT2D eigenvalue weighted by Gasteiger charge is 2.29. The van der Waals surface area contributed by atoms with Gasteiger partial charge in [-0.25, -0.2) is 4.79 Å². The summed E-state index contributed by atoms with van der Waals surface area (Å²) in [5.41, 5.74) is 1.06. The number of hydrogen-bond donors (Lipinski definition) is 1. The fourth-order valence-electron chi connectivity index (χ4n) is 2.21. The van der Waals surface area contributed by atoms with Gasteiger partial charge in [0.25, 0.3) is 0 Å². The van der Waals surface area contributed by atoms with Crippen LogP contribution in [0.3, 0.4) is 0 Å². The van der Waals surface area contributed by atoms with E-state index in [0.717, 1.165) is 18.4 Å². The number of carbonyl (C=O) groups is 1. The molecule has 1 unspecified atom stereocenters. The monoisotopic (exact) mass is 280 g/mol. The van der Waals surface area contributed by atoms with Crippen molar-refractivity contribution in [3.63, 3.8) is 0 Å². The molecule has 0 aromatic heterocycles. The largest absolute Gasteiger partial charge is 0.370 e. The zero-order valence-corrected chi connectivity index (χ0v) is 11.4. The molecule has 1 heterocycles. The first-order valence-corrected chi connectivity index (χ1v) is 7.02. The Morgan fingerprint density at radius 2 is 2.05 bits per heavy atom. The van der Waals surface area contributed by atoms with Gasteiger partial charge in [-0.1, -0.05) is 23.7 Å². The van der Waals surface area contributed by atoms with Gasteiger partial charge in [-0.15, -0.1) is 0 Å². The van der Waals surface area contributed by atoms with Gasteiger partial charge in [0.05, 0.1) is 13.2 Å². The van der Waals surface area contributed by atoms with Gasteiger partial charge in [0, 0.05) is 17.6 Å². The van der Waals surface area contributed by atoms with Crippen molar-refractivity contribution in [3.05, 3.63) is 34.9 Å². The number of urea groups is 1. The van der Waals surface area contributed by atoms with E-state index in [9.17, 15) is 4.79 Å². The second-order valence-corrected chi connectivity index (χ2v) is 5.52. The zero-order chi connectivity index (χ0) is 13.2. The Labute approximate surface area is 117 Å². The molecule has 3 rings (SSSR count). The first-order chi connectivity index (χ1) is 9.22. The van der Waals surface area contributed by atoms with Gasteiger partial charge >= 0.3 is 6.03 Å². The van der Waals surface area contributed by atoms with E-state index in [4.69, 9.17) is 16.3 Å². The van der Waals surface area contributed by atoms with Crippen LogP contribution in [0.25, 0.3) is 0 Å². The first-order valence-electron chi connectivity index (χ1n) is 6.65. The van der Waals surface area contributed by atoms with Crippen molar-refractivity contribution < 1.29 is 9.53 Å². The molecule has 5 heteroatoms. The number of ether oxygens (including phenoxy) is 1. The summed E-state index contributed by atoms with van der Waals surface area (Å²) < 4.78 is 5.74. The maximum absolute atomic E-state index is 12.0. The molecule has 0 spiro atoms. The molecule has 2 fully saturated rings. The van der Waals surface area contributed by atoms with E-state index in [2.05, 4.69) is 5.32 Å². The Kier molecular flexibility index (Phi) is 3.62. The Morgan fingerprint density at radius 3 is 2.74 bits per heavy atom. The summed E-state index contributed by atoms with van der Waals surface area (Å²) in [6, 6.07) is 8.03. The van der Waals surface area contributed by atoms with Crippen molar-refractivity contribution >= 4 is 17.6 Å². The topological polar surface area (TPSA) is 41.6 Å². The lowest BCUT2D eigenvalue weighted by atomic mass is 10.1. The Balaban J connectivity index is 1.63. The minimum absolute atomic E-state index is 0.0322. The Morgan fingerprint density at radius 1 is 1.32 bits per heavy atom. The average molecular weight is 281 g/mol. The van der Waals surface area contributed by atoms with Gasteiger partial charge in [0.2, 0.25) is 0 Å². The molecule has 1 aliphatic heterocycles. The number of nitrogens with zero attached hydrogens (tertiary/aromatic N) is 1. The van der Waals surface area contributed by atoms with E-state index < -0.39 is 0 Å². The van der Waals surface area contributed by atoms with E-state index >= 15 is 0 Å². The maximum Gasteiger partial charge on any atom is 0.317 e. The van der Waals surface area contributed by atoms with E-state index in [1.807, 2.05) is 29.2 Å². The third-order valence-electron chi connectivity index (χ3n) is 3.50. The van der Waals surface area contributed by atoms with Crippen molar-refractivity contribution in [1.29, 1.82) is 0 Å². The molecule has 2 aliphatic rings. The quantitative estimate of drug-likeness (QED) is 0.905. The highest BCUT2D eigenvalue weighted by Crippen LogP contribution is 2.24. The van der Waals surface area contributed by atoms with Crippen LogP contribution in [0, 0.1) is 0 Å². The summed E-state index contributed by atoms with van der Waals surface area (Å²) in [4.78, 5) is 13.9. The van der Waals surface area contributed by atoms with Crippen molar-refractivity contribution in [3.8, 4) is 0 Å². The number of amides is 2. The van der Waals surface area contributed by atoms with Gasteiger partial charge in [0.15, 0.2) is 0 Å². The highest BCUT2D eigenvalue weighted by atomic mass is 35.5. The highest BCUT2D eigenvalue weighted by molar-refractivity contribution is 6.30. The minimum atomic E-state index is -0.0593. The molecule has 1 N–H and O–H groups in total. The third kappa shape index (κ3) is 3.19. The molecule has 102 valence electrons. The minimum Gasteiger partial charge on any atom is -0.370 e. The third-order valence-corrected chi connectivity index (χ3v) is 3.75. The summed E-state index contributed by atoms with van der Waals surface area (Å²) in [7, 11) is 0. The lowest BCUT2D eigenvalue weighted by Crippen LogP contribution is -2.47. The molecule has 1 saturated carbocycles. The molecule has 19 heavy (non-hydrogen) atoms. The maximum atomic E-state index is 12.0. The lowest BCUT2D eigenvalue weighted by molar-refractivity contribution is -0.0154. The molecule has 1 aliphatic carbocycles. The smallest absolute Gasteiger partial charge is 0.317 e. The second kappa shape index (κ2) is 5.39. The second-order valence-electron chi connectivity index (χ2n) is 5.08. The van der Waals surface area contributed by atoms with Gasteiger partial charge in [-0.2, -0.15) is 0 Å². The van der Waals surface area contributed by atoms with Crippen molar-refractivity contribution in [1.82, 2.24) is 10.2 Å². The van der Waals surface area contributed by atoms with Crippen molar-refractivity contribution in [2.75, 3.05) is 19.7 Å². The number of halogens is 1. The normalized spacial score (nSPS) is 23.2. The fraction of sp³-hybridized carbons (Fsp3) is 0.500. The van der Waals surface area contributed by atoms with Crippen LogP contribution in [-0.4, -0.2) is 36.7 Å².